The van der Waals surface area contributed by atoms with Gasteiger partial charge in [0.15, 0.2) is 5.78 Å². The van der Waals surface area contributed by atoms with Gasteiger partial charge in [-0.2, -0.15) is 0 Å². The molecular weight excluding hydrogens is 348 g/mol. The third-order valence-corrected chi connectivity index (χ3v) is 4.12. The summed E-state index contributed by atoms with van der Waals surface area (Å²) < 4.78 is 0. The predicted molar refractivity (Wildman–Crippen MR) is 107 cm³/mol. The molecule has 3 rings (SSSR count). The molecule has 2 aromatic rings. The first-order chi connectivity index (χ1) is 12.5. The Balaban J connectivity index is 1.89. The molecule has 0 unspecified atom stereocenters. The Morgan fingerprint density at radius 3 is 2.69 bits per heavy atom. The molecule has 0 amide bonds. The lowest BCUT2D eigenvalue weighted by Gasteiger charge is -2.10. The molecule has 0 atom stereocenters. The van der Waals surface area contributed by atoms with Gasteiger partial charge in [0.25, 0.3) is 0 Å². The number of halogens is 1. The molecule has 0 saturated heterocycles. The van der Waals surface area contributed by atoms with Crippen molar-refractivity contribution in [2.45, 2.75) is 0 Å². The molecule has 0 aromatic heterocycles. The first-order valence-corrected chi connectivity index (χ1v) is 8.78. The van der Waals surface area contributed by atoms with Crippen molar-refractivity contribution in [1.29, 1.82) is 0 Å². The third kappa shape index (κ3) is 4.56. The molecule has 0 spiro atoms. The highest BCUT2D eigenvalue weighted by molar-refractivity contribution is 6.31. The van der Waals surface area contributed by atoms with Crippen molar-refractivity contribution in [3.63, 3.8) is 0 Å². The van der Waals surface area contributed by atoms with Crippen LogP contribution in [0.4, 0.5) is 5.69 Å². The van der Waals surface area contributed by atoms with Crippen molar-refractivity contribution in [2.24, 2.45) is 9.98 Å². The molecule has 6 heteroatoms. The zero-order chi connectivity index (χ0) is 18.5. The van der Waals surface area contributed by atoms with E-state index in [0.29, 0.717) is 23.9 Å². The summed E-state index contributed by atoms with van der Waals surface area (Å²) in [7, 11) is 3.75. The first-order valence-electron chi connectivity index (χ1n) is 8.40. The standard InChI is InChI=1S/C20H21ClN4O/c1-25(2)13-16(26)11-22-19-12-23-20(14-6-4-3-5-7-14)17-10-15(21)8-9-18(17)24-19/h3-10H,11-13H2,1-2H3,(H,22,24). The van der Waals surface area contributed by atoms with Gasteiger partial charge in [-0.05, 0) is 32.3 Å². The number of carbonyl (C=O) groups is 1. The second kappa shape index (κ2) is 8.25. The SMILES string of the molecule is CN(C)CC(=O)CNC1=Nc2ccc(Cl)cc2C(c2ccccc2)=NC1. The Morgan fingerprint density at radius 1 is 1.19 bits per heavy atom. The van der Waals surface area contributed by atoms with Gasteiger partial charge in [0.05, 0.1) is 31.0 Å². The number of Topliss-reactive ketones (excluding diaryl/α,β-unsaturated/α-hetero) is 1. The molecule has 26 heavy (non-hydrogen) atoms. The van der Waals surface area contributed by atoms with Crippen molar-refractivity contribution >= 4 is 34.6 Å². The highest BCUT2D eigenvalue weighted by Gasteiger charge is 2.17. The van der Waals surface area contributed by atoms with E-state index >= 15 is 0 Å². The lowest BCUT2D eigenvalue weighted by atomic mass is 10.0. The number of carbonyl (C=O) groups excluding carboxylic acids is 1. The van der Waals surface area contributed by atoms with Gasteiger partial charge in [0.2, 0.25) is 0 Å². The van der Waals surface area contributed by atoms with Crippen LogP contribution in [-0.4, -0.2) is 56.0 Å². The van der Waals surface area contributed by atoms with E-state index in [9.17, 15) is 4.79 Å². The highest BCUT2D eigenvalue weighted by atomic mass is 35.5. The van der Waals surface area contributed by atoms with Crippen LogP contribution in [0.15, 0.2) is 58.5 Å². The van der Waals surface area contributed by atoms with Gasteiger partial charge in [-0.15, -0.1) is 0 Å². The summed E-state index contributed by atoms with van der Waals surface area (Å²) in [5, 5.41) is 3.77. The quantitative estimate of drug-likeness (QED) is 0.882. The Morgan fingerprint density at radius 2 is 1.96 bits per heavy atom. The van der Waals surface area contributed by atoms with E-state index in [2.05, 4.69) is 10.3 Å². The number of nitrogens with one attached hydrogen (secondary N) is 1. The van der Waals surface area contributed by atoms with Crippen LogP contribution in [-0.2, 0) is 4.79 Å². The van der Waals surface area contributed by atoms with Crippen LogP contribution in [0.25, 0.3) is 0 Å². The minimum atomic E-state index is 0.102. The summed E-state index contributed by atoms with van der Waals surface area (Å²) in [6.07, 6.45) is 0. The normalized spacial score (nSPS) is 13.5. The summed E-state index contributed by atoms with van der Waals surface area (Å²) in [5.74, 6) is 0.775. The summed E-state index contributed by atoms with van der Waals surface area (Å²) >= 11 is 6.20. The molecule has 1 aliphatic rings. The number of aliphatic imine (C=N–C) groups is 2. The predicted octanol–water partition coefficient (Wildman–Crippen LogP) is 2.94. The molecule has 0 aliphatic carbocycles. The van der Waals surface area contributed by atoms with E-state index in [-0.39, 0.29) is 12.3 Å². The highest BCUT2D eigenvalue weighted by Crippen LogP contribution is 2.28. The molecule has 1 heterocycles. The van der Waals surface area contributed by atoms with Gasteiger partial charge in [-0.3, -0.25) is 9.79 Å². The fourth-order valence-electron chi connectivity index (χ4n) is 2.76. The second-order valence-electron chi connectivity index (χ2n) is 6.38. The third-order valence-electron chi connectivity index (χ3n) is 3.89. The lowest BCUT2D eigenvalue weighted by Crippen LogP contribution is -2.35. The van der Waals surface area contributed by atoms with Crippen LogP contribution in [0.3, 0.4) is 0 Å². The molecule has 1 aliphatic heterocycles. The van der Waals surface area contributed by atoms with Gasteiger partial charge in [0, 0.05) is 16.1 Å². The number of hydrogen-bond donors (Lipinski definition) is 1. The van der Waals surface area contributed by atoms with Gasteiger partial charge in [-0.1, -0.05) is 41.9 Å². The van der Waals surface area contributed by atoms with E-state index in [4.69, 9.17) is 16.6 Å². The maximum Gasteiger partial charge on any atom is 0.165 e. The zero-order valence-electron chi connectivity index (χ0n) is 14.9. The van der Waals surface area contributed by atoms with Gasteiger partial charge in [-0.25, -0.2) is 4.99 Å². The number of hydrogen-bond acceptors (Lipinski definition) is 5. The van der Waals surface area contributed by atoms with E-state index in [1.54, 1.807) is 0 Å². The van der Waals surface area contributed by atoms with Crippen LogP contribution in [0.2, 0.25) is 5.02 Å². The molecule has 0 saturated carbocycles. The number of ketones is 1. The summed E-state index contributed by atoms with van der Waals surface area (Å²) in [6.45, 7) is 1.01. The fourth-order valence-corrected chi connectivity index (χ4v) is 2.93. The maximum atomic E-state index is 11.9. The number of likely N-dealkylation sites (N-methyl/N-ethyl adjacent to an activating group) is 1. The second-order valence-corrected chi connectivity index (χ2v) is 6.82. The zero-order valence-corrected chi connectivity index (χ0v) is 15.6. The lowest BCUT2D eigenvalue weighted by molar-refractivity contribution is -0.118. The Hall–Kier alpha value is -2.50. The van der Waals surface area contributed by atoms with Gasteiger partial charge in [0.1, 0.15) is 5.84 Å². The Kier molecular flexibility index (Phi) is 5.81. The average molecular weight is 369 g/mol. The molecule has 134 valence electrons. The smallest absolute Gasteiger partial charge is 0.165 e. The fraction of sp³-hybridized carbons (Fsp3) is 0.250. The van der Waals surface area contributed by atoms with Crippen LogP contribution in [0, 0.1) is 0 Å². The van der Waals surface area contributed by atoms with E-state index < -0.39 is 0 Å². The van der Waals surface area contributed by atoms with E-state index in [1.807, 2.05) is 67.5 Å². The topological polar surface area (TPSA) is 57.1 Å². The maximum absolute atomic E-state index is 11.9. The van der Waals surface area contributed by atoms with Crippen LogP contribution in [0.5, 0.6) is 0 Å². The summed E-state index contributed by atoms with van der Waals surface area (Å²) in [5.41, 5.74) is 3.54. The minimum Gasteiger partial charge on any atom is -0.365 e. The van der Waals surface area contributed by atoms with Crippen LogP contribution in [0.1, 0.15) is 11.1 Å². The first kappa shape index (κ1) is 18.3. The molecule has 5 nitrogen and oxygen atoms in total. The number of benzene rings is 2. The van der Waals surface area contributed by atoms with Crippen LogP contribution < -0.4 is 5.32 Å². The van der Waals surface area contributed by atoms with Crippen molar-refractivity contribution in [3.8, 4) is 0 Å². The van der Waals surface area contributed by atoms with Gasteiger partial charge >= 0.3 is 0 Å². The molecule has 0 bridgehead atoms. The number of rotatable bonds is 5. The number of nitrogens with zero attached hydrogens (tertiary/aromatic N) is 3. The van der Waals surface area contributed by atoms with E-state index in [1.165, 1.54) is 0 Å². The van der Waals surface area contributed by atoms with Crippen LogP contribution >= 0.6 is 11.6 Å². The summed E-state index contributed by atoms with van der Waals surface area (Å²) in [6, 6.07) is 15.5. The molecule has 2 aromatic carbocycles. The number of fused-ring (bicyclic) bond motifs is 1. The monoisotopic (exact) mass is 368 g/mol. The molecular formula is C20H21ClN4O. The minimum absolute atomic E-state index is 0.102. The molecule has 0 fully saturated rings. The van der Waals surface area contributed by atoms with Gasteiger partial charge < -0.3 is 10.2 Å². The average Bonchev–Trinajstić information content (AvgIpc) is 2.79. The Bertz CT molecular complexity index is 859. The van der Waals surface area contributed by atoms with Crippen molar-refractivity contribution in [3.05, 3.63) is 64.7 Å². The molecule has 1 N–H and O–H groups in total. The number of amidine groups is 1. The van der Waals surface area contributed by atoms with Crippen molar-refractivity contribution < 1.29 is 4.79 Å². The van der Waals surface area contributed by atoms with Crippen molar-refractivity contribution in [1.82, 2.24) is 10.2 Å². The summed E-state index contributed by atoms with van der Waals surface area (Å²) in [4.78, 5) is 23.2. The van der Waals surface area contributed by atoms with Crippen molar-refractivity contribution in [2.75, 3.05) is 33.7 Å². The Labute approximate surface area is 158 Å². The molecule has 0 radical (unpaired) electrons. The largest absolute Gasteiger partial charge is 0.365 e. The van der Waals surface area contributed by atoms with E-state index in [0.717, 1.165) is 22.5 Å².